The summed E-state index contributed by atoms with van der Waals surface area (Å²) >= 11 is 0. The van der Waals surface area contributed by atoms with Crippen LogP contribution in [0.5, 0.6) is 0 Å². The molecule has 0 radical (unpaired) electrons. The maximum Gasteiger partial charge on any atom is 0.271 e. The van der Waals surface area contributed by atoms with Gasteiger partial charge in [-0.25, -0.2) is 5.43 Å². The topological polar surface area (TPSA) is 54.4 Å². The largest absolute Gasteiger partial charge is 0.271 e. The first kappa shape index (κ1) is 13.6. The van der Waals surface area contributed by atoms with Crippen molar-refractivity contribution in [2.45, 2.75) is 12.8 Å². The Morgan fingerprint density at radius 1 is 1.04 bits per heavy atom. The third kappa shape index (κ3) is 2.48. The number of nitrogens with zero attached hydrogens (tertiary/aromatic N) is 2. The first-order valence-corrected chi connectivity index (χ1v) is 7.60. The van der Waals surface area contributed by atoms with Gasteiger partial charge in [0, 0.05) is 23.5 Å². The van der Waals surface area contributed by atoms with E-state index >= 15 is 0 Å². The summed E-state index contributed by atoms with van der Waals surface area (Å²) in [5.74, 6) is -0.241. The Morgan fingerprint density at radius 2 is 1.83 bits per heavy atom. The lowest BCUT2D eigenvalue weighted by Gasteiger charge is -2.05. The number of benzene rings is 2. The van der Waals surface area contributed by atoms with Crippen LogP contribution >= 0.6 is 0 Å². The maximum absolute atomic E-state index is 12.0. The molecule has 0 bridgehead atoms. The van der Waals surface area contributed by atoms with Gasteiger partial charge in [0.1, 0.15) is 0 Å². The van der Waals surface area contributed by atoms with Crippen LogP contribution in [0.25, 0.3) is 10.8 Å². The summed E-state index contributed by atoms with van der Waals surface area (Å²) < 4.78 is 0. The summed E-state index contributed by atoms with van der Waals surface area (Å²) in [5.41, 5.74) is 6.91. The Kier molecular flexibility index (Phi) is 3.35. The Morgan fingerprint density at radius 3 is 2.65 bits per heavy atom. The standard InChI is InChI=1S/C19H15N3O/c23-19(15-8-10-20-11-9-15)22-21-12-16-7-6-14-5-4-13-2-1-3-17(16)18(13)14/h1-3,6-12H,4-5H2,(H,22,23)/b21-12-. The smallest absolute Gasteiger partial charge is 0.267 e. The highest BCUT2D eigenvalue weighted by Crippen LogP contribution is 2.32. The lowest BCUT2D eigenvalue weighted by molar-refractivity contribution is 0.0955. The quantitative estimate of drug-likeness (QED) is 0.597. The number of nitrogens with one attached hydrogen (secondary N) is 1. The van der Waals surface area contributed by atoms with E-state index in [1.807, 2.05) is 0 Å². The number of hydrogen-bond donors (Lipinski definition) is 1. The van der Waals surface area contributed by atoms with E-state index in [1.54, 1.807) is 30.7 Å². The van der Waals surface area contributed by atoms with Crippen LogP contribution in [-0.2, 0) is 12.8 Å². The molecule has 0 saturated heterocycles. The lowest BCUT2D eigenvalue weighted by Crippen LogP contribution is -2.17. The van der Waals surface area contributed by atoms with E-state index in [0.29, 0.717) is 5.56 Å². The van der Waals surface area contributed by atoms with E-state index in [0.717, 1.165) is 18.4 Å². The summed E-state index contributed by atoms with van der Waals surface area (Å²) in [6.07, 6.45) is 7.09. The zero-order valence-electron chi connectivity index (χ0n) is 12.5. The molecule has 4 rings (SSSR count). The molecule has 1 amide bonds. The molecule has 0 saturated carbocycles. The van der Waals surface area contributed by atoms with Gasteiger partial charge in [0.2, 0.25) is 0 Å². The number of amides is 1. The molecule has 4 nitrogen and oxygen atoms in total. The fourth-order valence-electron chi connectivity index (χ4n) is 3.11. The highest BCUT2D eigenvalue weighted by molar-refractivity contribution is 6.03. The average Bonchev–Trinajstić information content (AvgIpc) is 3.02. The number of hydrogen-bond acceptors (Lipinski definition) is 3. The van der Waals surface area contributed by atoms with Crippen molar-refractivity contribution in [3.05, 3.63) is 77.1 Å². The zero-order valence-corrected chi connectivity index (χ0v) is 12.5. The molecular formula is C19H15N3O. The number of hydrazone groups is 1. The number of carbonyl (C=O) groups is 1. The molecule has 1 aromatic heterocycles. The molecule has 0 unspecified atom stereocenters. The van der Waals surface area contributed by atoms with Crippen molar-refractivity contribution in [1.82, 2.24) is 10.4 Å². The minimum Gasteiger partial charge on any atom is -0.267 e. The van der Waals surface area contributed by atoms with Crippen LogP contribution in [0.15, 0.2) is 60.0 Å². The molecule has 1 aliphatic carbocycles. The van der Waals surface area contributed by atoms with E-state index in [1.165, 1.54) is 21.9 Å². The summed E-state index contributed by atoms with van der Waals surface area (Å²) in [7, 11) is 0. The van der Waals surface area contributed by atoms with Crippen molar-refractivity contribution in [1.29, 1.82) is 0 Å². The molecule has 0 atom stereocenters. The van der Waals surface area contributed by atoms with Crippen molar-refractivity contribution < 1.29 is 4.79 Å². The van der Waals surface area contributed by atoms with E-state index in [9.17, 15) is 4.79 Å². The first-order valence-electron chi connectivity index (χ1n) is 7.60. The van der Waals surface area contributed by atoms with Crippen molar-refractivity contribution in [2.24, 2.45) is 5.10 Å². The van der Waals surface area contributed by atoms with Crippen LogP contribution in [0.3, 0.4) is 0 Å². The van der Waals surface area contributed by atoms with Gasteiger partial charge in [0.25, 0.3) is 5.91 Å². The van der Waals surface area contributed by atoms with E-state index in [2.05, 4.69) is 45.8 Å². The zero-order chi connectivity index (χ0) is 15.6. The van der Waals surface area contributed by atoms with Gasteiger partial charge in [-0.05, 0) is 46.9 Å². The number of aryl methyl sites for hydroxylation is 2. The second-order valence-electron chi connectivity index (χ2n) is 5.59. The molecular weight excluding hydrogens is 286 g/mol. The predicted molar refractivity (Wildman–Crippen MR) is 90.7 cm³/mol. The van der Waals surface area contributed by atoms with E-state index < -0.39 is 0 Å². The monoisotopic (exact) mass is 301 g/mol. The SMILES string of the molecule is O=C(N/N=C\c1ccc2c3c(cccc13)CC2)c1ccncc1. The van der Waals surface area contributed by atoms with Crippen molar-refractivity contribution in [3.8, 4) is 0 Å². The molecule has 3 aromatic rings. The van der Waals surface area contributed by atoms with Crippen LogP contribution in [0, 0.1) is 0 Å². The minimum atomic E-state index is -0.241. The normalized spacial score (nSPS) is 12.9. The van der Waals surface area contributed by atoms with Crippen molar-refractivity contribution >= 4 is 22.9 Å². The number of carbonyl (C=O) groups excluding carboxylic acids is 1. The molecule has 2 aromatic carbocycles. The summed E-state index contributed by atoms with van der Waals surface area (Å²) in [5, 5.41) is 6.64. The number of aromatic nitrogens is 1. The highest BCUT2D eigenvalue weighted by atomic mass is 16.2. The Balaban J connectivity index is 1.60. The molecule has 1 aliphatic rings. The third-order valence-corrected chi connectivity index (χ3v) is 4.22. The molecule has 1 N–H and O–H groups in total. The summed E-state index contributed by atoms with van der Waals surface area (Å²) in [6.45, 7) is 0. The second kappa shape index (κ2) is 5.65. The van der Waals surface area contributed by atoms with Gasteiger partial charge in [0.05, 0.1) is 6.21 Å². The summed E-state index contributed by atoms with van der Waals surface area (Å²) in [6, 6.07) is 13.9. The van der Waals surface area contributed by atoms with E-state index in [-0.39, 0.29) is 5.91 Å². The molecule has 1 heterocycles. The van der Waals surface area contributed by atoms with Gasteiger partial charge in [-0.2, -0.15) is 5.10 Å². The van der Waals surface area contributed by atoms with Crippen molar-refractivity contribution in [2.75, 3.05) is 0 Å². The fourth-order valence-corrected chi connectivity index (χ4v) is 3.11. The molecule has 0 aliphatic heterocycles. The van der Waals surface area contributed by atoms with Gasteiger partial charge in [-0.15, -0.1) is 0 Å². The summed E-state index contributed by atoms with van der Waals surface area (Å²) in [4.78, 5) is 15.9. The average molecular weight is 301 g/mol. The molecule has 0 spiro atoms. The van der Waals surface area contributed by atoms with Gasteiger partial charge in [-0.3, -0.25) is 9.78 Å². The van der Waals surface area contributed by atoms with Gasteiger partial charge >= 0.3 is 0 Å². The Labute approximate surface area is 133 Å². The maximum atomic E-state index is 12.0. The second-order valence-corrected chi connectivity index (χ2v) is 5.59. The van der Waals surface area contributed by atoms with Crippen LogP contribution in [-0.4, -0.2) is 17.1 Å². The number of rotatable bonds is 3. The Hall–Kier alpha value is -3.01. The van der Waals surface area contributed by atoms with Crippen LogP contribution < -0.4 is 5.43 Å². The highest BCUT2D eigenvalue weighted by Gasteiger charge is 2.14. The molecule has 23 heavy (non-hydrogen) atoms. The number of pyridine rings is 1. The van der Waals surface area contributed by atoms with Gasteiger partial charge in [0.15, 0.2) is 0 Å². The van der Waals surface area contributed by atoms with Crippen LogP contribution in [0.4, 0.5) is 0 Å². The predicted octanol–water partition coefficient (Wildman–Crippen LogP) is 3.10. The minimum absolute atomic E-state index is 0.241. The fraction of sp³-hybridized carbons (Fsp3) is 0.105. The third-order valence-electron chi connectivity index (χ3n) is 4.22. The van der Waals surface area contributed by atoms with Crippen molar-refractivity contribution in [3.63, 3.8) is 0 Å². The van der Waals surface area contributed by atoms with E-state index in [4.69, 9.17) is 0 Å². The molecule has 0 fully saturated rings. The van der Waals surface area contributed by atoms with Gasteiger partial charge < -0.3 is 0 Å². The lowest BCUT2D eigenvalue weighted by atomic mass is 10.0. The molecule has 112 valence electrons. The van der Waals surface area contributed by atoms with Gasteiger partial charge in [-0.1, -0.05) is 30.3 Å². The van der Waals surface area contributed by atoms with Crippen LogP contribution in [0.2, 0.25) is 0 Å². The Bertz CT molecular complexity index is 906. The first-order chi connectivity index (χ1) is 11.3. The van der Waals surface area contributed by atoms with Crippen LogP contribution in [0.1, 0.15) is 27.0 Å². The molecule has 4 heteroatoms.